The lowest BCUT2D eigenvalue weighted by molar-refractivity contribution is -0.167. The van der Waals surface area contributed by atoms with Crippen LogP contribution in [0.1, 0.15) is 55.2 Å². The summed E-state index contributed by atoms with van der Waals surface area (Å²) in [5.41, 5.74) is 3.79. The van der Waals surface area contributed by atoms with Gasteiger partial charge in [-0.3, -0.25) is 4.79 Å². The van der Waals surface area contributed by atoms with E-state index >= 15 is 0 Å². The zero-order valence-corrected chi connectivity index (χ0v) is 13.0. The van der Waals surface area contributed by atoms with E-state index in [1.54, 1.807) is 0 Å². The lowest BCUT2D eigenvalue weighted by atomic mass is 9.43. The van der Waals surface area contributed by atoms with Crippen LogP contribution in [-0.2, 0) is 10.2 Å². The van der Waals surface area contributed by atoms with Crippen molar-refractivity contribution in [3.63, 3.8) is 0 Å². The minimum absolute atomic E-state index is 0.140. The lowest BCUT2D eigenvalue weighted by Gasteiger charge is -2.60. The van der Waals surface area contributed by atoms with E-state index in [-0.39, 0.29) is 5.41 Å². The number of aryl methyl sites for hydroxylation is 2. The maximum absolute atomic E-state index is 11.9. The predicted octanol–water partition coefficient (Wildman–Crippen LogP) is 4.23. The largest absolute Gasteiger partial charge is 0.481 e. The van der Waals surface area contributed by atoms with Crippen molar-refractivity contribution in [1.29, 1.82) is 0 Å². The first-order valence-electron chi connectivity index (χ1n) is 8.24. The lowest BCUT2D eigenvalue weighted by Crippen LogP contribution is -2.56. The van der Waals surface area contributed by atoms with Gasteiger partial charge in [-0.1, -0.05) is 18.2 Å². The summed E-state index contributed by atoms with van der Waals surface area (Å²) in [6.07, 6.45) is 6.39. The van der Waals surface area contributed by atoms with Crippen LogP contribution in [0, 0.1) is 31.1 Å². The molecule has 1 aromatic carbocycles. The van der Waals surface area contributed by atoms with E-state index in [1.165, 1.54) is 36.0 Å². The standard InChI is InChI=1S/C19H24O2/c1-12-3-4-16(5-13(12)2)18-7-14-6-15(8-18)10-19(9-14,11-18)17(20)21/h3-5,14-15H,6-11H2,1-2H3,(H,20,21)/t14-,15-,18?,19?/m0/s1. The molecule has 1 N–H and O–H groups in total. The zero-order chi connectivity index (χ0) is 14.8. The molecule has 0 unspecified atom stereocenters. The molecule has 21 heavy (non-hydrogen) atoms. The Balaban J connectivity index is 1.80. The number of rotatable bonds is 2. The molecular weight excluding hydrogens is 260 g/mol. The van der Waals surface area contributed by atoms with Gasteiger partial charge in [-0.25, -0.2) is 0 Å². The molecule has 4 saturated carbocycles. The van der Waals surface area contributed by atoms with Gasteiger partial charge in [0.05, 0.1) is 5.41 Å². The van der Waals surface area contributed by atoms with E-state index < -0.39 is 11.4 Å². The molecule has 2 heteroatoms. The molecule has 2 nitrogen and oxygen atoms in total. The van der Waals surface area contributed by atoms with Crippen molar-refractivity contribution in [3.8, 4) is 0 Å². The Morgan fingerprint density at radius 3 is 2.33 bits per heavy atom. The normalized spacial score (nSPS) is 40.5. The van der Waals surface area contributed by atoms with E-state index in [0.717, 1.165) is 19.3 Å². The van der Waals surface area contributed by atoms with Crippen molar-refractivity contribution in [2.75, 3.05) is 0 Å². The number of hydrogen-bond donors (Lipinski definition) is 1. The van der Waals surface area contributed by atoms with E-state index in [4.69, 9.17) is 0 Å². The highest BCUT2D eigenvalue weighted by Crippen LogP contribution is 2.65. The molecule has 112 valence electrons. The molecule has 0 spiro atoms. The quantitative estimate of drug-likeness (QED) is 0.882. The minimum Gasteiger partial charge on any atom is -0.481 e. The van der Waals surface area contributed by atoms with Crippen LogP contribution in [0.15, 0.2) is 18.2 Å². The fourth-order valence-electron chi connectivity index (χ4n) is 5.92. The van der Waals surface area contributed by atoms with Crippen molar-refractivity contribution in [1.82, 2.24) is 0 Å². The van der Waals surface area contributed by atoms with Crippen LogP contribution in [0.5, 0.6) is 0 Å². The van der Waals surface area contributed by atoms with E-state index in [9.17, 15) is 9.90 Å². The molecule has 5 rings (SSSR count). The Hall–Kier alpha value is -1.31. The molecule has 2 atom stereocenters. The highest BCUT2D eigenvalue weighted by Gasteiger charge is 2.61. The first-order chi connectivity index (χ1) is 9.92. The second-order valence-corrected chi connectivity index (χ2v) is 8.13. The van der Waals surface area contributed by atoms with Gasteiger partial charge in [0.25, 0.3) is 0 Å². The fourth-order valence-corrected chi connectivity index (χ4v) is 5.92. The van der Waals surface area contributed by atoms with Crippen molar-refractivity contribution in [2.24, 2.45) is 17.3 Å². The maximum atomic E-state index is 11.9. The van der Waals surface area contributed by atoms with Gasteiger partial charge in [0.15, 0.2) is 0 Å². The summed E-state index contributed by atoms with van der Waals surface area (Å²) in [5.74, 6) is 0.720. The van der Waals surface area contributed by atoms with Gasteiger partial charge in [-0.15, -0.1) is 0 Å². The van der Waals surface area contributed by atoms with Gasteiger partial charge < -0.3 is 5.11 Å². The van der Waals surface area contributed by atoms with Crippen molar-refractivity contribution >= 4 is 5.97 Å². The van der Waals surface area contributed by atoms with Crippen LogP contribution in [0.2, 0.25) is 0 Å². The van der Waals surface area contributed by atoms with E-state index in [1.807, 2.05) is 0 Å². The number of hydrogen-bond acceptors (Lipinski definition) is 1. The number of carboxylic acid groups (broad SMARTS) is 1. The average Bonchev–Trinajstić information content (AvgIpc) is 2.40. The molecule has 0 heterocycles. The molecule has 1 aromatic rings. The Labute approximate surface area is 126 Å². The summed E-state index contributed by atoms with van der Waals surface area (Å²) >= 11 is 0. The van der Waals surface area contributed by atoms with Crippen LogP contribution in [0.3, 0.4) is 0 Å². The van der Waals surface area contributed by atoms with Crippen molar-refractivity contribution in [3.05, 3.63) is 34.9 Å². The number of carboxylic acids is 1. The highest BCUT2D eigenvalue weighted by molar-refractivity contribution is 5.76. The number of aliphatic carboxylic acids is 1. The smallest absolute Gasteiger partial charge is 0.309 e. The first-order valence-corrected chi connectivity index (χ1v) is 8.24. The molecular formula is C19H24O2. The maximum Gasteiger partial charge on any atom is 0.309 e. The molecule has 0 radical (unpaired) electrons. The highest BCUT2D eigenvalue weighted by atomic mass is 16.4. The summed E-state index contributed by atoms with van der Waals surface area (Å²) in [4.78, 5) is 11.9. The second kappa shape index (κ2) is 4.12. The summed E-state index contributed by atoms with van der Waals surface area (Å²) in [6, 6.07) is 6.82. The van der Waals surface area contributed by atoms with Crippen LogP contribution in [0.4, 0.5) is 0 Å². The third kappa shape index (κ3) is 1.81. The van der Waals surface area contributed by atoms with Crippen molar-refractivity contribution < 1.29 is 9.90 Å². The van der Waals surface area contributed by atoms with E-state index in [0.29, 0.717) is 11.8 Å². The zero-order valence-electron chi connectivity index (χ0n) is 13.0. The van der Waals surface area contributed by atoms with Crippen LogP contribution < -0.4 is 0 Å². The number of carbonyl (C=O) groups is 1. The Morgan fingerprint density at radius 2 is 1.76 bits per heavy atom. The van der Waals surface area contributed by atoms with Gasteiger partial charge in [0.1, 0.15) is 0 Å². The topological polar surface area (TPSA) is 37.3 Å². The minimum atomic E-state index is -0.537. The monoisotopic (exact) mass is 284 g/mol. The van der Waals surface area contributed by atoms with Gasteiger partial charge in [-0.05, 0) is 86.3 Å². The average molecular weight is 284 g/mol. The van der Waals surface area contributed by atoms with Crippen molar-refractivity contribution in [2.45, 2.75) is 57.8 Å². The summed E-state index contributed by atoms with van der Waals surface area (Å²) in [5, 5.41) is 9.84. The molecule has 0 aromatic heterocycles. The summed E-state index contributed by atoms with van der Waals surface area (Å²) in [6.45, 7) is 4.32. The van der Waals surface area contributed by atoms with Gasteiger partial charge in [-0.2, -0.15) is 0 Å². The predicted molar refractivity (Wildman–Crippen MR) is 82.3 cm³/mol. The Morgan fingerprint density at radius 1 is 1.10 bits per heavy atom. The Kier molecular flexibility index (Phi) is 2.62. The molecule has 4 aliphatic rings. The van der Waals surface area contributed by atoms with Crippen LogP contribution in [0.25, 0.3) is 0 Å². The third-order valence-corrected chi connectivity index (χ3v) is 6.63. The van der Waals surface area contributed by atoms with Gasteiger partial charge in [0.2, 0.25) is 0 Å². The molecule has 4 aliphatic carbocycles. The first kappa shape index (κ1) is 13.4. The summed E-state index contributed by atoms with van der Waals surface area (Å²) < 4.78 is 0. The SMILES string of the molecule is Cc1ccc(C23C[C@@H]4C[C@H](CC(C(=O)O)(C4)C2)C3)cc1C. The fraction of sp³-hybridized carbons (Fsp3) is 0.632. The summed E-state index contributed by atoms with van der Waals surface area (Å²) in [7, 11) is 0. The Bertz CT molecular complexity index is 602. The molecule has 4 bridgehead atoms. The van der Waals surface area contributed by atoms with Crippen LogP contribution in [-0.4, -0.2) is 11.1 Å². The molecule has 0 amide bonds. The molecule has 0 saturated heterocycles. The molecule has 0 aliphatic heterocycles. The number of benzene rings is 1. The van der Waals surface area contributed by atoms with Gasteiger partial charge in [0, 0.05) is 0 Å². The van der Waals surface area contributed by atoms with Crippen LogP contribution >= 0.6 is 0 Å². The van der Waals surface area contributed by atoms with Gasteiger partial charge >= 0.3 is 5.97 Å². The molecule has 4 fully saturated rings. The van der Waals surface area contributed by atoms with E-state index in [2.05, 4.69) is 32.0 Å². The second-order valence-electron chi connectivity index (χ2n) is 8.13. The third-order valence-electron chi connectivity index (χ3n) is 6.63.